The van der Waals surface area contributed by atoms with E-state index in [0.717, 1.165) is 97.5 Å². The minimum absolute atomic E-state index is 0.321. The van der Waals surface area contributed by atoms with E-state index in [1.54, 1.807) is 0 Å². The van der Waals surface area contributed by atoms with Crippen molar-refractivity contribution >= 4 is 34.1 Å². The molecule has 0 bridgehead atoms. The molecule has 0 fully saturated rings. The second kappa shape index (κ2) is 34.0. The Kier molecular flexibility index (Phi) is 24.8. The molecule has 0 aliphatic heterocycles. The predicted molar refractivity (Wildman–Crippen MR) is 448 cm³/mol. The number of hydrogen-bond donors (Lipinski definition) is 2. The molecule has 11 rings (SSSR count). The zero-order valence-corrected chi connectivity index (χ0v) is 64.7. The van der Waals surface area contributed by atoms with Gasteiger partial charge in [0.2, 0.25) is 0 Å². The summed E-state index contributed by atoms with van der Waals surface area (Å²) in [5, 5.41) is 0. The minimum Gasteiger partial charge on any atom is -0.322 e. The maximum Gasteiger partial charge on any atom is 0.0464 e. The molecule has 0 radical (unpaired) electrons. The lowest BCUT2D eigenvalue weighted by atomic mass is 9.84. The van der Waals surface area contributed by atoms with Crippen LogP contribution in [-0.4, -0.2) is 0 Å². The molecule has 0 heterocycles. The van der Waals surface area contributed by atoms with Crippen molar-refractivity contribution in [1.82, 2.24) is 0 Å². The van der Waals surface area contributed by atoms with Gasteiger partial charge in [-0.25, -0.2) is 0 Å². The molecule has 1 unspecified atom stereocenters. The number of rotatable bonds is 31. The summed E-state index contributed by atoms with van der Waals surface area (Å²) >= 11 is 0. The van der Waals surface area contributed by atoms with E-state index in [1.807, 2.05) is 0 Å². The molecular weight excluding hydrogens is 1250 g/mol. The van der Waals surface area contributed by atoms with E-state index in [2.05, 4.69) is 337 Å². The molecule has 532 valence electrons. The smallest absolute Gasteiger partial charge is 0.0464 e. The first-order chi connectivity index (χ1) is 49.7. The van der Waals surface area contributed by atoms with E-state index in [9.17, 15) is 0 Å². The Hall–Kier alpha value is -9.06. The predicted octanol–water partition coefficient (Wildman–Crippen LogP) is 28.1. The van der Waals surface area contributed by atoms with Crippen LogP contribution < -0.4 is 21.3 Å². The van der Waals surface area contributed by atoms with Crippen molar-refractivity contribution in [1.29, 1.82) is 0 Å². The van der Waals surface area contributed by atoms with E-state index in [-0.39, 0.29) is 11.1 Å². The van der Waals surface area contributed by atoms with Gasteiger partial charge in [0.1, 0.15) is 0 Å². The van der Waals surface area contributed by atoms with Gasteiger partial charge in [0.25, 0.3) is 0 Å². The topological polar surface area (TPSA) is 58.5 Å². The van der Waals surface area contributed by atoms with E-state index in [4.69, 9.17) is 11.5 Å². The van der Waals surface area contributed by atoms with Crippen molar-refractivity contribution in [2.75, 3.05) is 9.80 Å². The lowest BCUT2D eigenvalue weighted by Gasteiger charge is -2.28. The summed E-state index contributed by atoms with van der Waals surface area (Å²) in [5.74, 6) is 1.23. The van der Waals surface area contributed by atoms with Crippen LogP contribution in [0.4, 0.5) is 34.1 Å². The Morgan fingerprint density at radius 3 is 0.981 bits per heavy atom. The first kappa shape index (κ1) is 75.1. The fourth-order valence-corrected chi connectivity index (χ4v) is 15.7. The number of unbranched alkanes of at least 4 members (excludes halogenated alkanes) is 6. The van der Waals surface area contributed by atoms with Crippen LogP contribution in [0, 0.1) is 39.5 Å². The van der Waals surface area contributed by atoms with E-state index in [0.29, 0.717) is 11.8 Å². The minimum atomic E-state index is -0.361. The van der Waals surface area contributed by atoms with Gasteiger partial charge in [0.15, 0.2) is 0 Å². The molecule has 0 spiro atoms. The van der Waals surface area contributed by atoms with Crippen LogP contribution in [-0.2, 0) is 36.8 Å². The van der Waals surface area contributed by atoms with Gasteiger partial charge in [-0.15, -0.1) is 0 Å². The van der Waals surface area contributed by atoms with Gasteiger partial charge in [0, 0.05) is 45.2 Å². The number of hydrogen-bond acceptors (Lipinski definition) is 4. The summed E-state index contributed by atoms with van der Waals surface area (Å²) in [4.78, 5) is 4.89. The van der Waals surface area contributed by atoms with Crippen LogP contribution in [0.2, 0.25) is 0 Å². The molecule has 4 nitrogen and oxygen atoms in total. The highest BCUT2D eigenvalue weighted by Gasteiger charge is 2.25. The lowest BCUT2D eigenvalue weighted by Crippen LogP contribution is -2.34. The van der Waals surface area contributed by atoms with E-state index >= 15 is 0 Å². The van der Waals surface area contributed by atoms with E-state index < -0.39 is 0 Å². The number of nitrogens with zero attached hydrogens (tertiary/aromatic N) is 2. The Morgan fingerprint density at radius 2 is 0.641 bits per heavy atom. The molecule has 0 amide bonds. The average molecular weight is 1360 g/mol. The molecule has 103 heavy (non-hydrogen) atoms. The van der Waals surface area contributed by atoms with Crippen molar-refractivity contribution in [3.8, 4) is 66.8 Å². The number of benzene rings is 11. The quantitative estimate of drug-likeness (QED) is 0.0425. The average Bonchev–Trinajstić information content (AvgIpc) is 0.770. The Bertz CT molecular complexity index is 4540. The Morgan fingerprint density at radius 1 is 0.311 bits per heavy atom. The third-order valence-electron chi connectivity index (χ3n) is 22.1. The molecule has 11 aromatic rings. The largest absolute Gasteiger partial charge is 0.322 e. The molecule has 0 saturated carbocycles. The van der Waals surface area contributed by atoms with Crippen LogP contribution in [0.25, 0.3) is 66.8 Å². The summed E-state index contributed by atoms with van der Waals surface area (Å²) in [6, 6.07) is 88.2. The fourth-order valence-electron chi connectivity index (χ4n) is 15.7. The SMILES string of the molecule is CCCCCCc1cc(-c2ccc(N(c3ccc(-c4ccc(C(N)(CC)CC)cc4)cc3)c3ccc(-c4c(C)cc(CC(C)C)cc4C)cc3)cc2C)c(CCCCCC)cc1-c1ccc(N(c2ccc(-c3ccc(CC(C)C)cc3)cc2)c2ccc(-c3ccc(C(C)(N)CC)cc3)cc2)cc1C. The van der Waals surface area contributed by atoms with Gasteiger partial charge >= 0.3 is 0 Å². The normalized spacial score (nSPS) is 12.3. The van der Waals surface area contributed by atoms with Gasteiger partial charge in [-0.3, -0.25) is 0 Å². The molecule has 4 N–H and O–H groups in total. The number of aryl methyl sites for hydroxylation is 6. The van der Waals surface area contributed by atoms with Crippen molar-refractivity contribution in [3.05, 3.63) is 286 Å². The molecular formula is C99H116N4. The highest BCUT2D eigenvalue weighted by Crippen LogP contribution is 2.45. The monoisotopic (exact) mass is 1360 g/mol. The summed E-state index contributed by atoms with van der Waals surface area (Å²) in [6.45, 7) is 31.7. The Labute approximate surface area is 620 Å². The summed E-state index contributed by atoms with van der Waals surface area (Å²) in [6.07, 6.45) is 16.5. The molecule has 0 saturated heterocycles. The van der Waals surface area contributed by atoms with E-state index in [1.165, 1.54) is 155 Å². The van der Waals surface area contributed by atoms with Crippen LogP contribution in [0.15, 0.2) is 231 Å². The maximum absolute atomic E-state index is 6.88. The number of nitrogens with two attached hydrogens (primary N) is 2. The molecule has 11 aromatic carbocycles. The van der Waals surface area contributed by atoms with Crippen LogP contribution in [0.3, 0.4) is 0 Å². The molecule has 4 heteroatoms. The zero-order valence-electron chi connectivity index (χ0n) is 64.7. The van der Waals surface area contributed by atoms with Gasteiger partial charge in [-0.05, 0) is 299 Å². The maximum atomic E-state index is 6.88. The number of anilines is 6. The molecule has 0 aliphatic rings. The summed E-state index contributed by atoms with van der Waals surface area (Å²) < 4.78 is 0. The van der Waals surface area contributed by atoms with Crippen molar-refractivity contribution in [2.24, 2.45) is 23.3 Å². The van der Waals surface area contributed by atoms with Gasteiger partial charge in [0.05, 0.1) is 0 Å². The van der Waals surface area contributed by atoms with Gasteiger partial charge in [-0.2, -0.15) is 0 Å². The second-order valence-electron chi connectivity index (χ2n) is 30.9. The third kappa shape index (κ3) is 17.8. The lowest BCUT2D eigenvalue weighted by molar-refractivity contribution is 0.413. The zero-order chi connectivity index (χ0) is 73.0. The summed E-state index contributed by atoms with van der Waals surface area (Å²) in [5.41, 5.74) is 47.9. The first-order valence-corrected chi connectivity index (χ1v) is 39.1. The fraction of sp³-hybridized carbons (Fsp3) is 0.333. The molecule has 0 aliphatic carbocycles. The van der Waals surface area contributed by atoms with Gasteiger partial charge < -0.3 is 21.3 Å². The van der Waals surface area contributed by atoms with Crippen molar-refractivity contribution < 1.29 is 0 Å². The third-order valence-corrected chi connectivity index (χ3v) is 22.1. The second-order valence-corrected chi connectivity index (χ2v) is 30.9. The van der Waals surface area contributed by atoms with Crippen LogP contribution in [0.5, 0.6) is 0 Å². The first-order valence-electron chi connectivity index (χ1n) is 39.1. The van der Waals surface area contributed by atoms with Gasteiger partial charge in [-0.1, -0.05) is 259 Å². The molecule has 1 atom stereocenters. The van der Waals surface area contributed by atoms with Crippen molar-refractivity contribution in [3.63, 3.8) is 0 Å². The highest BCUT2D eigenvalue weighted by atomic mass is 15.1. The summed E-state index contributed by atoms with van der Waals surface area (Å²) in [7, 11) is 0. The van der Waals surface area contributed by atoms with Crippen molar-refractivity contribution in [2.45, 2.75) is 204 Å². The Balaban J connectivity index is 0.982. The van der Waals surface area contributed by atoms with Crippen LogP contribution >= 0.6 is 0 Å². The molecule has 0 aromatic heterocycles. The highest BCUT2D eigenvalue weighted by molar-refractivity contribution is 5.87. The van der Waals surface area contributed by atoms with Crippen LogP contribution in [0.1, 0.15) is 196 Å². The standard InChI is InChI=1S/C99H116N4/c1-15-20-22-24-26-83-67-96(94-59-57-92(65-71(94)11)103(89-52-40-81(41-53-89)78-34-46-86(47-35-78)99(101,18-4)19-5)90-54-42-82(43-55-90)97-72(12)62-75(61-69(8)9)63-73(97)13)84(27-25-23-21-16-2)66-95(83)93-58-56-91(64-70(93)10)102(87-48-36-79(37-49-87)76-30-28-74(29-31-76)60-68(6)7)88-50-38-80(39-51-88)77-32-44-85(45-33-77)98(14,100)17-3/h28-59,62-69H,15-27,60-61,100-101H2,1-14H3.